The molecule has 2 atom stereocenters. The molecular formula is C18H28O. The first-order valence-corrected chi connectivity index (χ1v) is 7.66. The summed E-state index contributed by atoms with van der Waals surface area (Å²) in [5, 5.41) is 0. The number of hydrogen-bond donors (Lipinski definition) is 0. The Morgan fingerprint density at radius 3 is 2.58 bits per heavy atom. The van der Waals surface area contributed by atoms with Gasteiger partial charge in [-0.25, -0.2) is 0 Å². The number of hydrogen-bond acceptors (Lipinski definition) is 1. The van der Waals surface area contributed by atoms with Crippen LogP contribution in [-0.4, -0.2) is 5.78 Å². The van der Waals surface area contributed by atoms with Gasteiger partial charge in [0.25, 0.3) is 0 Å². The average molecular weight is 260 g/mol. The fraction of sp³-hybridized carbons (Fsp3) is 0.722. The van der Waals surface area contributed by atoms with E-state index in [1.165, 1.54) is 43.3 Å². The van der Waals surface area contributed by atoms with Crippen LogP contribution >= 0.6 is 0 Å². The Kier molecular flexibility index (Phi) is 3.77. The van der Waals surface area contributed by atoms with Crippen LogP contribution in [0.25, 0.3) is 0 Å². The topological polar surface area (TPSA) is 17.1 Å². The second kappa shape index (κ2) is 4.92. The number of allylic oxidation sites excluding steroid dienone is 4. The summed E-state index contributed by atoms with van der Waals surface area (Å²) >= 11 is 0. The van der Waals surface area contributed by atoms with Crippen molar-refractivity contribution >= 4 is 5.78 Å². The van der Waals surface area contributed by atoms with Gasteiger partial charge in [-0.2, -0.15) is 0 Å². The van der Waals surface area contributed by atoms with E-state index in [1.807, 2.05) is 0 Å². The molecule has 0 aromatic heterocycles. The minimum Gasteiger partial charge on any atom is -0.295 e. The van der Waals surface area contributed by atoms with Gasteiger partial charge >= 0.3 is 0 Å². The first-order chi connectivity index (χ1) is 8.77. The van der Waals surface area contributed by atoms with E-state index in [-0.39, 0.29) is 11.2 Å². The summed E-state index contributed by atoms with van der Waals surface area (Å²) in [6, 6.07) is 0. The molecule has 106 valence electrons. The maximum Gasteiger partial charge on any atom is 0.152 e. The molecule has 0 bridgehead atoms. The molecule has 19 heavy (non-hydrogen) atoms. The smallest absolute Gasteiger partial charge is 0.152 e. The van der Waals surface area contributed by atoms with Crippen LogP contribution in [0.5, 0.6) is 0 Å². The molecular weight excluding hydrogens is 232 g/mol. The van der Waals surface area contributed by atoms with Gasteiger partial charge in [0.05, 0.1) is 0 Å². The van der Waals surface area contributed by atoms with Crippen molar-refractivity contribution in [1.29, 1.82) is 0 Å². The molecule has 1 saturated carbocycles. The number of carbonyl (C=O) groups excluding carboxylic acids is 1. The third-order valence-corrected chi connectivity index (χ3v) is 5.60. The van der Waals surface area contributed by atoms with E-state index >= 15 is 0 Å². The predicted octanol–water partition coefficient (Wildman–Crippen LogP) is 5.07. The Morgan fingerprint density at radius 2 is 1.95 bits per heavy atom. The van der Waals surface area contributed by atoms with Gasteiger partial charge in [0, 0.05) is 0 Å². The van der Waals surface area contributed by atoms with E-state index in [0.717, 1.165) is 5.92 Å². The van der Waals surface area contributed by atoms with Gasteiger partial charge in [0.15, 0.2) is 5.78 Å². The van der Waals surface area contributed by atoms with Crippen LogP contribution in [0.4, 0.5) is 0 Å². The largest absolute Gasteiger partial charge is 0.295 e. The van der Waals surface area contributed by atoms with Crippen LogP contribution in [0, 0.1) is 16.7 Å². The van der Waals surface area contributed by atoms with Gasteiger partial charge in [-0.1, -0.05) is 38.8 Å². The molecule has 0 N–H and O–H groups in total. The third-order valence-electron chi connectivity index (χ3n) is 5.60. The van der Waals surface area contributed by atoms with Crippen LogP contribution in [0.2, 0.25) is 0 Å². The van der Waals surface area contributed by atoms with Gasteiger partial charge in [0.2, 0.25) is 0 Å². The normalized spacial score (nSPS) is 34.5. The highest BCUT2D eigenvalue weighted by atomic mass is 16.1. The summed E-state index contributed by atoms with van der Waals surface area (Å²) in [4.78, 5) is 11.3. The SMILES string of the molecule is CC(=O)/C=C/C1=C(C)CCC2C(C)(C)CCCC12C. The van der Waals surface area contributed by atoms with Crippen LogP contribution in [0.15, 0.2) is 23.3 Å². The molecule has 0 heterocycles. The second-order valence-electron chi connectivity index (χ2n) is 7.49. The van der Waals surface area contributed by atoms with Crippen LogP contribution in [0.3, 0.4) is 0 Å². The summed E-state index contributed by atoms with van der Waals surface area (Å²) < 4.78 is 0. The number of ketones is 1. The third kappa shape index (κ3) is 2.57. The van der Waals surface area contributed by atoms with E-state index < -0.39 is 0 Å². The summed E-state index contributed by atoms with van der Waals surface area (Å²) in [5.41, 5.74) is 3.65. The van der Waals surface area contributed by atoms with Gasteiger partial charge in [-0.3, -0.25) is 4.79 Å². The summed E-state index contributed by atoms with van der Waals surface area (Å²) in [7, 11) is 0. The molecule has 0 amide bonds. The van der Waals surface area contributed by atoms with E-state index in [1.54, 1.807) is 13.0 Å². The molecule has 0 spiro atoms. The van der Waals surface area contributed by atoms with Crippen LogP contribution in [0.1, 0.15) is 66.7 Å². The monoisotopic (exact) mass is 260 g/mol. The zero-order chi connectivity index (χ0) is 14.3. The zero-order valence-corrected chi connectivity index (χ0v) is 13.2. The Labute approximate surface area is 118 Å². The quantitative estimate of drug-likeness (QED) is 0.633. The van der Waals surface area contributed by atoms with Crippen LogP contribution in [-0.2, 0) is 4.79 Å². The Hall–Kier alpha value is -0.850. The molecule has 2 aliphatic carbocycles. The number of fused-ring (bicyclic) bond motifs is 1. The maximum absolute atomic E-state index is 11.3. The molecule has 2 unspecified atom stereocenters. The van der Waals surface area contributed by atoms with Crippen LogP contribution < -0.4 is 0 Å². The van der Waals surface area contributed by atoms with E-state index in [2.05, 4.69) is 33.8 Å². The van der Waals surface area contributed by atoms with E-state index in [4.69, 9.17) is 0 Å². The zero-order valence-electron chi connectivity index (χ0n) is 13.2. The molecule has 1 heteroatoms. The van der Waals surface area contributed by atoms with Crippen molar-refractivity contribution < 1.29 is 4.79 Å². The van der Waals surface area contributed by atoms with Crippen molar-refractivity contribution in [3.63, 3.8) is 0 Å². The minimum atomic E-state index is 0.154. The van der Waals surface area contributed by atoms with Crippen molar-refractivity contribution in [2.45, 2.75) is 66.7 Å². The fourth-order valence-corrected chi connectivity index (χ4v) is 4.67. The molecule has 1 fully saturated rings. The fourth-order valence-electron chi connectivity index (χ4n) is 4.67. The highest BCUT2D eigenvalue weighted by Crippen LogP contribution is 2.59. The molecule has 2 rings (SSSR count). The van der Waals surface area contributed by atoms with Crippen molar-refractivity contribution in [2.75, 3.05) is 0 Å². The molecule has 0 saturated heterocycles. The highest BCUT2D eigenvalue weighted by Gasteiger charge is 2.49. The molecule has 0 radical (unpaired) electrons. The van der Waals surface area contributed by atoms with Gasteiger partial charge in [0.1, 0.15) is 0 Å². The van der Waals surface area contributed by atoms with Gasteiger partial charge < -0.3 is 0 Å². The summed E-state index contributed by atoms with van der Waals surface area (Å²) in [5.74, 6) is 0.908. The Morgan fingerprint density at radius 1 is 1.26 bits per heavy atom. The first kappa shape index (κ1) is 14.6. The minimum absolute atomic E-state index is 0.154. The van der Waals surface area contributed by atoms with E-state index in [0.29, 0.717) is 5.41 Å². The second-order valence-corrected chi connectivity index (χ2v) is 7.49. The molecule has 0 aliphatic heterocycles. The predicted molar refractivity (Wildman–Crippen MR) is 81.0 cm³/mol. The molecule has 0 aromatic carbocycles. The highest BCUT2D eigenvalue weighted by molar-refractivity contribution is 5.87. The molecule has 2 aliphatic rings. The van der Waals surface area contributed by atoms with Crippen molar-refractivity contribution in [3.05, 3.63) is 23.3 Å². The Bertz CT molecular complexity index is 439. The number of rotatable bonds is 2. The van der Waals surface area contributed by atoms with Gasteiger partial charge in [-0.15, -0.1) is 0 Å². The van der Waals surface area contributed by atoms with Crippen molar-refractivity contribution in [1.82, 2.24) is 0 Å². The Balaban J connectivity index is 2.42. The standard InChI is InChI=1S/C18H28O/c1-13-7-10-16-17(3,4)11-6-12-18(16,5)15(13)9-8-14(2)19/h8-9,16H,6-7,10-12H2,1-5H3/b9-8+. The average Bonchev–Trinajstić information content (AvgIpc) is 2.26. The lowest BCUT2D eigenvalue weighted by atomic mass is 9.50. The molecule has 0 aromatic rings. The summed E-state index contributed by atoms with van der Waals surface area (Å²) in [6.45, 7) is 11.2. The van der Waals surface area contributed by atoms with Crippen molar-refractivity contribution in [2.24, 2.45) is 16.7 Å². The lowest BCUT2D eigenvalue weighted by Gasteiger charge is -2.54. The van der Waals surface area contributed by atoms with Crippen molar-refractivity contribution in [3.8, 4) is 0 Å². The lowest BCUT2D eigenvalue weighted by molar-refractivity contribution is -0.112. The maximum atomic E-state index is 11.3. The lowest BCUT2D eigenvalue weighted by Crippen LogP contribution is -2.45. The van der Waals surface area contributed by atoms with Gasteiger partial charge in [-0.05, 0) is 67.9 Å². The van der Waals surface area contributed by atoms with E-state index in [9.17, 15) is 4.79 Å². The molecule has 1 nitrogen and oxygen atoms in total. The first-order valence-electron chi connectivity index (χ1n) is 7.66. The summed E-state index contributed by atoms with van der Waals surface area (Å²) in [6.07, 6.45) is 10.3. The number of carbonyl (C=O) groups is 1.